The van der Waals surface area contributed by atoms with Crippen LogP contribution in [-0.2, 0) is 14.2 Å². The molecule has 4 aliphatic heterocycles. The van der Waals surface area contributed by atoms with Crippen LogP contribution >= 0.6 is 0 Å². The summed E-state index contributed by atoms with van der Waals surface area (Å²) in [6, 6.07) is 2.64. The molecule has 15 fully saturated rings. The number of aromatic carboxylic acids is 1. The van der Waals surface area contributed by atoms with Gasteiger partial charge in [-0.15, -0.1) is 0 Å². The van der Waals surface area contributed by atoms with Gasteiger partial charge < -0.3 is 54.7 Å². The van der Waals surface area contributed by atoms with E-state index in [0.717, 1.165) is 68.6 Å². The van der Waals surface area contributed by atoms with Gasteiger partial charge in [0.05, 0.1) is 35.3 Å². The number of carbonyl (C=O) groups excluding carboxylic acids is 1. The zero-order valence-corrected chi connectivity index (χ0v) is 54.7. The molecule has 13 aliphatic carbocycles. The Bertz CT molecular complexity index is 3570. The molecule has 92 heavy (non-hydrogen) atoms. The van der Waals surface area contributed by atoms with Crippen LogP contribution in [0.5, 0.6) is 17.2 Å². The largest absolute Gasteiger partial charge is 0.507 e. The molecular formula is C77H102N2O13. The average molecular weight is 1260 g/mol. The molecule has 0 radical (unpaired) electrons. The first-order chi connectivity index (χ1) is 44.2. The van der Waals surface area contributed by atoms with Gasteiger partial charge in [-0.3, -0.25) is 15.6 Å². The Morgan fingerprint density at radius 2 is 1.54 bits per heavy atom. The maximum Gasteiger partial charge on any atom is 0.335 e. The van der Waals surface area contributed by atoms with E-state index >= 15 is 0 Å². The van der Waals surface area contributed by atoms with Crippen LogP contribution in [-0.4, -0.2) is 121 Å². The Kier molecular flexibility index (Phi) is 12.7. The molecule has 15 nitrogen and oxygen atoms in total. The first-order valence-electron chi connectivity index (χ1n) is 37.2. The van der Waals surface area contributed by atoms with E-state index in [9.17, 15) is 45.3 Å². The van der Waals surface area contributed by atoms with Crippen LogP contribution in [0.25, 0.3) is 10.8 Å². The number of carbonyl (C=O) groups is 2. The molecule has 0 aromatic heterocycles. The van der Waals surface area contributed by atoms with Gasteiger partial charge in [-0.1, -0.05) is 31.8 Å². The van der Waals surface area contributed by atoms with Gasteiger partial charge in [0, 0.05) is 47.1 Å². The minimum atomic E-state index is -1.84. The molecule has 12 saturated carbocycles. The third-order valence-corrected chi connectivity index (χ3v) is 32.9. The van der Waals surface area contributed by atoms with Crippen LogP contribution in [0.3, 0.4) is 0 Å². The topological polar surface area (TPSA) is 237 Å². The van der Waals surface area contributed by atoms with Crippen molar-refractivity contribution in [1.29, 1.82) is 0 Å². The minimum absolute atomic E-state index is 0.0223. The fourth-order valence-corrected chi connectivity index (χ4v) is 30.7. The quantitative estimate of drug-likeness (QED) is 0.0926. The SMILES string of the molecule is CC(=O)c1c(C)c(O)c2cc(C(=O)O)cc(O[C@@H]3O[C@H](CO)[C@]4(C[C@@H]5C6=C(CC=C6[C@]6(CCO)COC[C@@H]7C[C@]89C[C@@]5(NN[C@H]8C[C@@]5(C9)C[C@]89CCC[C@@H]8CC[C@@H]8CC[C@@H]%10CCC[C@@]%10%11CC[C@]5(C%11)[C@@H]89)[C@H]76)[C@]5(CCC[C@]6(CCC7(CCCC7)C6)C5)O4)[C@H](O)[C@H]3O)c2c1O. The van der Waals surface area contributed by atoms with Crippen LogP contribution in [0.4, 0.5) is 0 Å². The number of phenolic OH excluding ortho intramolecular Hbond substituents is 2. The molecule has 17 aliphatic rings. The van der Waals surface area contributed by atoms with Gasteiger partial charge in [-0.2, -0.15) is 0 Å². The smallest absolute Gasteiger partial charge is 0.335 e. The van der Waals surface area contributed by atoms with Crippen LogP contribution < -0.4 is 15.6 Å². The van der Waals surface area contributed by atoms with Crippen LogP contribution in [0.2, 0.25) is 0 Å². The van der Waals surface area contributed by atoms with Crippen molar-refractivity contribution in [2.45, 2.75) is 267 Å². The maximum atomic E-state index is 14.0. The number of ketones is 1. The minimum Gasteiger partial charge on any atom is -0.507 e. The predicted octanol–water partition coefficient (Wildman–Crippen LogP) is 12.1. The number of carboxylic acids is 1. The van der Waals surface area contributed by atoms with E-state index in [4.69, 9.17) is 18.9 Å². The number of fused-ring (bicyclic) bond motifs is 3. The molecule has 19 rings (SSSR count). The van der Waals surface area contributed by atoms with Crippen molar-refractivity contribution in [2.24, 2.45) is 84.7 Å². The van der Waals surface area contributed by atoms with E-state index in [-0.39, 0.29) is 86.3 Å². The molecule has 498 valence electrons. The number of aliphatic hydroxyl groups is 4. The number of phenols is 2. The van der Waals surface area contributed by atoms with Gasteiger partial charge in [0.1, 0.15) is 41.2 Å². The number of allylic oxidation sites excluding steroid dienone is 1. The lowest BCUT2D eigenvalue weighted by Gasteiger charge is -2.71. The number of hydrogen-bond donors (Lipinski definition) is 9. The second-order valence-electron chi connectivity index (χ2n) is 35.9. The highest BCUT2D eigenvalue weighted by Gasteiger charge is 2.83. The summed E-state index contributed by atoms with van der Waals surface area (Å²) in [6.45, 7) is 3.32. The van der Waals surface area contributed by atoms with Crippen LogP contribution in [0.15, 0.2) is 34.9 Å². The van der Waals surface area contributed by atoms with Gasteiger partial charge in [0.2, 0.25) is 6.29 Å². The van der Waals surface area contributed by atoms with Crippen molar-refractivity contribution in [3.8, 4) is 17.2 Å². The number of aliphatic hydroxyl groups excluding tert-OH is 4. The summed E-state index contributed by atoms with van der Waals surface area (Å²) in [5, 5.41) is 85.1. The molecule has 15 heteroatoms. The zero-order chi connectivity index (χ0) is 62.8. The summed E-state index contributed by atoms with van der Waals surface area (Å²) in [5.74, 6) is 0.173. The Hall–Kier alpha value is -3.64. The summed E-state index contributed by atoms with van der Waals surface area (Å²) in [4.78, 5) is 26.0. The lowest BCUT2D eigenvalue weighted by molar-refractivity contribution is -0.349. The number of carboxylic acid groups (broad SMARTS) is 1. The molecule has 4 heterocycles. The third-order valence-electron chi connectivity index (χ3n) is 32.9. The van der Waals surface area contributed by atoms with Gasteiger partial charge in [-0.05, 0) is 296 Å². The van der Waals surface area contributed by atoms with Crippen molar-refractivity contribution < 1.29 is 64.3 Å². The predicted molar refractivity (Wildman–Crippen MR) is 341 cm³/mol. The van der Waals surface area contributed by atoms with Crippen LogP contribution in [0.1, 0.15) is 239 Å². The zero-order valence-electron chi connectivity index (χ0n) is 54.7. The standard InChI is InChI=1S/C77H102N2O13/c1-42-56(43(2)82)60(84)57-49(59(42)83)28-45(65(87)88)29-53(57)90-66-61(85)64(86)77(55(33-81)91-66)31-52-58-50(14-15-51(58)75(92-77)21-7-18-68(36-75)23-22-67(35-68)16-3-4-17-67)73(26-27-80)41-89-34-46-30-70-37-71(32-54(70)78-79-76(52,39-70)63(46)73)40-72-20-6-9-48(72)13-11-44-10-12-47-8-5-19-69(47)24-25-74(71,38-69)62(44)72/h14,28-29,44,46-48,52,54-55,61-64,66,78-81,83-86H,3-13,15-27,30-41H2,1-2H3,(H,87,88)/t44-,46-,47-,48+,52+,54-,55+,61+,62-,63+,64+,66+,68+,69-,70-,71+,72+,73-,74-,75+,76-,77+/m0/s1. The number of rotatable bonds is 7. The Morgan fingerprint density at radius 1 is 0.750 bits per heavy atom. The highest BCUT2D eigenvalue weighted by Crippen LogP contribution is 2.88. The van der Waals surface area contributed by atoms with Crippen molar-refractivity contribution in [1.82, 2.24) is 10.9 Å². The Labute approximate surface area is 541 Å². The van der Waals surface area contributed by atoms with E-state index < -0.39 is 76.6 Å². The molecule has 3 saturated heterocycles. The molecule has 4 bridgehead atoms. The second kappa shape index (κ2) is 19.6. The molecule has 10 spiro atoms. The summed E-state index contributed by atoms with van der Waals surface area (Å²) < 4.78 is 29.3. The lowest BCUT2D eigenvalue weighted by Crippen LogP contribution is -2.81. The third kappa shape index (κ3) is 7.31. The van der Waals surface area contributed by atoms with E-state index in [1.54, 1.807) is 0 Å². The number of ether oxygens (including phenoxy) is 4. The summed E-state index contributed by atoms with van der Waals surface area (Å²) in [6.07, 6.45) is 33.7. The van der Waals surface area contributed by atoms with Crippen LogP contribution in [0, 0.1) is 91.7 Å². The normalized spacial score (nSPS) is 50.2. The highest BCUT2D eigenvalue weighted by molar-refractivity contribution is 6.11. The average Bonchev–Trinajstić information content (AvgIpc) is 1.43. The number of hydrazine groups is 1. The summed E-state index contributed by atoms with van der Waals surface area (Å²) >= 11 is 0. The Morgan fingerprint density at radius 3 is 2.35 bits per heavy atom. The molecule has 2 aromatic rings. The fraction of sp³-hybridized carbons (Fsp3) is 0.792. The number of nitrogens with one attached hydrogen (secondary N) is 2. The molecule has 22 atom stereocenters. The number of benzene rings is 2. The van der Waals surface area contributed by atoms with Gasteiger partial charge in [-0.25, -0.2) is 4.79 Å². The molecule has 9 N–H and O–H groups in total. The van der Waals surface area contributed by atoms with E-state index in [2.05, 4.69) is 16.9 Å². The van der Waals surface area contributed by atoms with E-state index in [0.29, 0.717) is 54.1 Å². The van der Waals surface area contributed by atoms with E-state index in [1.807, 2.05) is 0 Å². The maximum absolute atomic E-state index is 14.0. The van der Waals surface area contributed by atoms with Crippen molar-refractivity contribution in [3.63, 3.8) is 0 Å². The van der Waals surface area contributed by atoms with Gasteiger partial charge in [0.15, 0.2) is 5.78 Å². The first kappa shape index (κ1) is 59.6. The summed E-state index contributed by atoms with van der Waals surface area (Å²) in [7, 11) is 0. The molecule has 0 unspecified atom stereocenters. The monoisotopic (exact) mass is 1260 g/mol. The van der Waals surface area contributed by atoms with Crippen molar-refractivity contribution in [2.75, 3.05) is 26.4 Å². The fourth-order valence-electron chi connectivity index (χ4n) is 30.7. The number of Topliss-reactive ketones (excluding diaryl/α,β-unsaturated/α-hetero) is 1. The van der Waals surface area contributed by atoms with Crippen molar-refractivity contribution >= 4 is 22.5 Å². The van der Waals surface area contributed by atoms with Gasteiger partial charge in [0.25, 0.3) is 0 Å². The first-order valence-corrected chi connectivity index (χ1v) is 37.2. The number of hydrogen-bond acceptors (Lipinski definition) is 14. The molecule has 0 amide bonds. The molecule has 2 aromatic carbocycles. The van der Waals surface area contributed by atoms with Gasteiger partial charge >= 0.3 is 5.97 Å². The van der Waals surface area contributed by atoms with E-state index in [1.165, 1.54) is 178 Å². The summed E-state index contributed by atoms with van der Waals surface area (Å²) in [5.41, 5.74) is 10.2. The number of aromatic hydroxyl groups is 2. The lowest BCUT2D eigenvalue weighted by atomic mass is 9.38. The Balaban J connectivity index is 0.773. The highest BCUT2D eigenvalue weighted by atomic mass is 16.7. The van der Waals surface area contributed by atoms with Crippen molar-refractivity contribution in [3.05, 3.63) is 51.6 Å². The second-order valence-corrected chi connectivity index (χ2v) is 35.9. The molecular weight excluding hydrogens is 1160 g/mol.